The summed E-state index contributed by atoms with van der Waals surface area (Å²) >= 11 is 0. The molecule has 4 N–H and O–H groups in total. The molecule has 0 heterocycles. The highest BCUT2D eigenvalue weighted by Gasteiger charge is 2.65. The summed E-state index contributed by atoms with van der Waals surface area (Å²) in [6.07, 6.45) is 8.27. The number of carboxylic acids is 1. The average Bonchev–Trinajstić information content (AvgIpc) is 3.15. The van der Waals surface area contributed by atoms with Gasteiger partial charge in [0.2, 0.25) is 0 Å². The van der Waals surface area contributed by atoms with Crippen LogP contribution in [0.2, 0.25) is 0 Å². The fourth-order valence-corrected chi connectivity index (χ4v) is 9.44. The minimum Gasteiger partial charge on any atom is -0.481 e. The van der Waals surface area contributed by atoms with Gasteiger partial charge in [-0.1, -0.05) is 20.8 Å². The summed E-state index contributed by atoms with van der Waals surface area (Å²) in [7, 11) is 0. The van der Waals surface area contributed by atoms with Crippen LogP contribution in [0.5, 0.6) is 0 Å². The quantitative estimate of drug-likeness (QED) is 0.350. The lowest BCUT2D eigenvalue weighted by atomic mass is 9.43. The van der Waals surface area contributed by atoms with E-state index in [4.69, 9.17) is 5.11 Å². The van der Waals surface area contributed by atoms with Crippen LogP contribution < -0.4 is 0 Å². The number of aliphatic hydroxyl groups is 3. The van der Waals surface area contributed by atoms with Crippen molar-refractivity contribution in [2.75, 3.05) is 0 Å². The highest BCUT2D eigenvalue weighted by molar-refractivity contribution is 5.78. The van der Waals surface area contributed by atoms with E-state index >= 15 is 0 Å². The number of fused-ring (bicyclic) bond motifs is 5. The Labute approximate surface area is 210 Å². The van der Waals surface area contributed by atoms with Crippen molar-refractivity contribution in [3.8, 4) is 0 Å². The van der Waals surface area contributed by atoms with Crippen LogP contribution in [0.3, 0.4) is 0 Å². The number of aliphatic hydroxyl groups excluding tert-OH is 3. The summed E-state index contributed by atoms with van der Waals surface area (Å²) in [6.45, 7) is 6.85. The first-order valence-corrected chi connectivity index (χ1v) is 14.3. The molecule has 0 aromatic rings. The third-order valence-electron chi connectivity index (χ3n) is 11.5. The number of unbranched alkanes of at least 4 members (excludes halogenated alkanes) is 1. The van der Waals surface area contributed by atoms with Crippen LogP contribution in [-0.2, 0) is 9.59 Å². The topological polar surface area (TPSA) is 115 Å². The van der Waals surface area contributed by atoms with Crippen LogP contribution in [-0.4, -0.2) is 50.5 Å². The van der Waals surface area contributed by atoms with Crippen molar-refractivity contribution >= 4 is 11.8 Å². The number of hydrogen-bond donors (Lipinski definition) is 4. The lowest BCUT2D eigenvalue weighted by molar-refractivity contribution is -0.207. The van der Waals surface area contributed by atoms with Crippen LogP contribution in [0.1, 0.15) is 104 Å². The molecule has 7 unspecified atom stereocenters. The van der Waals surface area contributed by atoms with Crippen molar-refractivity contribution in [3.05, 3.63) is 0 Å². The molecule has 0 saturated heterocycles. The van der Waals surface area contributed by atoms with Crippen LogP contribution >= 0.6 is 0 Å². The molecule has 4 aliphatic carbocycles. The molecule has 200 valence electrons. The monoisotopic (exact) mass is 492 g/mol. The third-order valence-corrected chi connectivity index (χ3v) is 11.5. The van der Waals surface area contributed by atoms with Gasteiger partial charge in [0.15, 0.2) is 0 Å². The molecule has 6 heteroatoms. The Balaban J connectivity index is 1.41. The van der Waals surface area contributed by atoms with Crippen molar-refractivity contribution in [2.24, 2.45) is 46.3 Å². The second-order valence-corrected chi connectivity index (χ2v) is 13.2. The first-order chi connectivity index (χ1) is 16.5. The summed E-state index contributed by atoms with van der Waals surface area (Å²) in [4.78, 5) is 23.1. The minimum atomic E-state index is -0.808. The van der Waals surface area contributed by atoms with Crippen molar-refractivity contribution in [2.45, 2.75) is 123 Å². The highest BCUT2D eigenvalue weighted by Crippen LogP contribution is 2.68. The lowest BCUT2D eigenvalue weighted by Gasteiger charge is -2.63. The Hall–Kier alpha value is -0.980. The Kier molecular flexibility index (Phi) is 8.05. The maximum atomic E-state index is 12.4. The van der Waals surface area contributed by atoms with E-state index in [1.807, 2.05) is 0 Å². The minimum absolute atomic E-state index is 0.0855. The number of rotatable bonds is 9. The van der Waals surface area contributed by atoms with Crippen molar-refractivity contribution in [1.29, 1.82) is 0 Å². The zero-order chi connectivity index (χ0) is 25.5. The summed E-state index contributed by atoms with van der Waals surface area (Å²) in [5.74, 6) is 1.23. The second-order valence-electron chi connectivity index (χ2n) is 13.2. The summed E-state index contributed by atoms with van der Waals surface area (Å²) in [6, 6.07) is 0. The molecule has 0 bridgehead atoms. The van der Waals surface area contributed by atoms with Gasteiger partial charge in [-0.15, -0.1) is 0 Å². The largest absolute Gasteiger partial charge is 0.481 e. The van der Waals surface area contributed by atoms with Crippen LogP contribution in [0.4, 0.5) is 0 Å². The number of hydrogen-bond acceptors (Lipinski definition) is 5. The SMILES string of the molecule is C[C@H](CCC(=O)CCCCC(=O)O)C1CCC2C3C(C[C@H](O)C21C)C1(C)CC[C@@H](O)CC1C[C@H]3O. The zero-order valence-corrected chi connectivity index (χ0v) is 22.0. The van der Waals surface area contributed by atoms with Gasteiger partial charge in [-0.2, -0.15) is 0 Å². The molecular formula is C29H48O6. The molecule has 11 atom stereocenters. The first kappa shape index (κ1) is 27.1. The average molecular weight is 493 g/mol. The lowest BCUT2D eigenvalue weighted by Crippen LogP contribution is -2.62. The molecule has 0 radical (unpaired) electrons. The summed E-state index contributed by atoms with van der Waals surface area (Å²) in [5.41, 5.74) is -0.147. The zero-order valence-electron chi connectivity index (χ0n) is 22.0. The molecule has 0 amide bonds. The normalized spacial score (nSPS) is 45.8. The smallest absolute Gasteiger partial charge is 0.303 e. The number of aliphatic carboxylic acids is 1. The maximum Gasteiger partial charge on any atom is 0.303 e. The van der Waals surface area contributed by atoms with Gasteiger partial charge in [-0.25, -0.2) is 0 Å². The Morgan fingerprint density at radius 1 is 0.914 bits per heavy atom. The van der Waals surface area contributed by atoms with Crippen LogP contribution in [0.15, 0.2) is 0 Å². The van der Waals surface area contributed by atoms with E-state index in [1.54, 1.807) is 0 Å². The Morgan fingerprint density at radius 3 is 2.34 bits per heavy atom. The molecule has 6 nitrogen and oxygen atoms in total. The Morgan fingerprint density at radius 2 is 1.63 bits per heavy atom. The van der Waals surface area contributed by atoms with Gasteiger partial charge in [-0.05, 0) is 111 Å². The molecule has 4 saturated carbocycles. The molecule has 0 aliphatic heterocycles. The number of carboxylic acid groups (broad SMARTS) is 1. The number of ketones is 1. The number of Topliss-reactive ketones (excluding diaryl/α,β-unsaturated/α-hetero) is 1. The van der Waals surface area contributed by atoms with E-state index in [9.17, 15) is 24.9 Å². The molecule has 4 aliphatic rings. The standard InChI is InChI=1S/C29H48O6/c1-17(8-9-19(30)6-4-5-7-26(34)35)21-10-11-22-27-23(16-25(33)29(21,22)3)28(2)13-12-20(31)14-18(28)15-24(27)32/h17-18,20-25,27,31-33H,4-16H2,1-3H3,(H,34,35)/t17-,18?,20-,21?,22?,23?,24-,25+,27?,28?,29?/m1/s1. The third kappa shape index (κ3) is 4.96. The van der Waals surface area contributed by atoms with Gasteiger partial charge in [0, 0.05) is 19.3 Å². The summed E-state index contributed by atoms with van der Waals surface area (Å²) in [5, 5.41) is 42.1. The maximum absolute atomic E-state index is 12.4. The predicted molar refractivity (Wildman–Crippen MR) is 134 cm³/mol. The van der Waals surface area contributed by atoms with Crippen LogP contribution in [0.25, 0.3) is 0 Å². The van der Waals surface area contributed by atoms with Gasteiger partial charge in [0.25, 0.3) is 0 Å². The molecule has 4 fully saturated rings. The van der Waals surface area contributed by atoms with Crippen LogP contribution in [0, 0.1) is 46.3 Å². The van der Waals surface area contributed by atoms with E-state index in [0.717, 1.165) is 51.4 Å². The molecular weight excluding hydrogens is 444 g/mol. The predicted octanol–water partition coefficient (Wildman–Crippen LogP) is 4.58. The van der Waals surface area contributed by atoms with Gasteiger partial charge in [-0.3, -0.25) is 9.59 Å². The molecule has 0 spiro atoms. The first-order valence-electron chi connectivity index (χ1n) is 14.3. The Bertz CT molecular complexity index is 783. The molecule has 4 rings (SSSR count). The van der Waals surface area contributed by atoms with Gasteiger partial charge < -0.3 is 20.4 Å². The fourth-order valence-electron chi connectivity index (χ4n) is 9.44. The van der Waals surface area contributed by atoms with E-state index in [-0.39, 0.29) is 41.2 Å². The van der Waals surface area contributed by atoms with E-state index in [0.29, 0.717) is 55.3 Å². The molecule has 0 aromatic carbocycles. The molecule has 35 heavy (non-hydrogen) atoms. The van der Waals surface area contributed by atoms with Gasteiger partial charge >= 0.3 is 5.97 Å². The van der Waals surface area contributed by atoms with Crippen molar-refractivity contribution in [1.82, 2.24) is 0 Å². The van der Waals surface area contributed by atoms with E-state index in [1.165, 1.54) is 0 Å². The van der Waals surface area contributed by atoms with Crippen molar-refractivity contribution < 1.29 is 30.0 Å². The van der Waals surface area contributed by atoms with Gasteiger partial charge in [0.05, 0.1) is 18.3 Å². The van der Waals surface area contributed by atoms with Crippen molar-refractivity contribution in [3.63, 3.8) is 0 Å². The van der Waals surface area contributed by atoms with E-state index in [2.05, 4.69) is 20.8 Å². The fraction of sp³-hybridized carbons (Fsp3) is 0.931. The summed E-state index contributed by atoms with van der Waals surface area (Å²) < 4.78 is 0. The molecule has 0 aromatic heterocycles. The second kappa shape index (κ2) is 10.4. The number of carbonyl (C=O) groups excluding carboxylic acids is 1. The van der Waals surface area contributed by atoms with Gasteiger partial charge in [0.1, 0.15) is 5.78 Å². The number of carbonyl (C=O) groups is 2. The highest BCUT2D eigenvalue weighted by atomic mass is 16.4. The van der Waals surface area contributed by atoms with E-state index < -0.39 is 12.1 Å².